The highest BCUT2D eigenvalue weighted by molar-refractivity contribution is 4.94. The van der Waals surface area contributed by atoms with Crippen molar-refractivity contribution < 1.29 is 79.9 Å². The number of hydrogen-bond acceptors (Lipinski definition) is 16. The Kier molecular flexibility index (Phi) is 9.54. The Hall–Kier alpha value is -0.640. The second kappa shape index (κ2) is 11.6. The molecule has 0 bridgehead atoms. The second-order valence-corrected chi connectivity index (χ2v) is 8.37. The molecule has 3 heterocycles. The highest BCUT2D eigenvalue weighted by Crippen LogP contribution is 2.29. The first-order valence-corrected chi connectivity index (χ1v) is 10.6. The predicted molar refractivity (Wildman–Crippen MR) is 101 cm³/mol. The molecular weight excluding hydrogens is 472 g/mol. The molecule has 0 spiro atoms. The van der Waals surface area contributed by atoms with E-state index in [1.54, 1.807) is 0 Å². The number of aliphatic hydroxyl groups is 11. The highest BCUT2D eigenvalue weighted by atomic mass is 16.7. The molecule has 15 atom stereocenters. The largest absolute Gasteiger partial charge is 0.394 e. The van der Waals surface area contributed by atoms with Crippen LogP contribution in [-0.4, -0.2) is 168 Å². The topological polar surface area (TPSA) is 269 Å². The van der Waals surface area contributed by atoms with Crippen LogP contribution >= 0.6 is 0 Å². The summed E-state index contributed by atoms with van der Waals surface area (Å²) in [6, 6.07) is 0. The zero-order chi connectivity index (χ0) is 25.3. The molecule has 11 N–H and O–H groups in total. The lowest BCUT2D eigenvalue weighted by atomic mass is 9.97. The molecule has 3 rings (SSSR count). The smallest absolute Gasteiger partial charge is 0.187 e. The second-order valence-electron chi connectivity index (χ2n) is 8.37. The molecule has 0 aromatic heterocycles. The summed E-state index contributed by atoms with van der Waals surface area (Å²) in [5.74, 6) is 0. The molecule has 200 valence electrons. The summed E-state index contributed by atoms with van der Waals surface area (Å²) in [5.41, 5.74) is 0. The molecule has 0 saturated carbocycles. The third kappa shape index (κ3) is 5.52. The number of aliphatic hydroxyl groups excluding tert-OH is 11. The summed E-state index contributed by atoms with van der Waals surface area (Å²) in [5, 5.41) is 109. The maximum atomic E-state index is 10.3. The minimum atomic E-state index is -1.87. The van der Waals surface area contributed by atoms with E-state index < -0.39 is 112 Å². The van der Waals surface area contributed by atoms with Crippen molar-refractivity contribution in [3.63, 3.8) is 0 Å². The van der Waals surface area contributed by atoms with Crippen LogP contribution in [0.5, 0.6) is 0 Å². The van der Waals surface area contributed by atoms with Crippen molar-refractivity contribution in [2.45, 2.75) is 92.1 Å². The van der Waals surface area contributed by atoms with Crippen LogP contribution in [0.3, 0.4) is 0 Å². The van der Waals surface area contributed by atoms with Gasteiger partial charge in [0.15, 0.2) is 18.9 Å². The molecule has 3 aliphatic heterocycles. The molecule has 0 radical (unpaired) electrons. The Morgan fingerprint density at radius 3 is 1.62 bits per heavy atom. The van der Waals surface area contributed by atoms with E-state index in [0.29, 0.717) is 0 Å². The number of rotatable bonds is 7. The summed E-state index contributed by atoms with van der Waals surface area (Å²) in [6.45, 7) is -2.07. The Balaban J connectivity index is 1.66. The van der Waals surface area contributed by atoms with Crippen molar-refractivity contribution in [2.24, 2.45) is 0 Å². The van der Waals surface area contributed by atoms with Crippen LogP contribution in [0.1, 0.15) is 0 Å². The van der Waals surface area contributed by atoms with Crippen molar-refractivity contribution >= 4 is 0 Å². The predicted octanol–water partition coefficient (Wildman–Crippen LogP) is -7.57. The van der Waals surface area contributed by atoms with Gasteiger partial charge in [-0.3, -0.25) is 0 Å². The van der Waals surface area contributed by atoms with E-state index in [1.165, 1.54) is 0 Å². The van der Waals surface area contributed by atoms with Gasteiger partial charge in [0.2, 0.25) is 0 Å². The molecule has 0 aromatic rings. The highest BCUT2D eigenvalue weighted by Gasteiger charge is 2.51. The first kappa shape index (κ1) is 27.9. The van der Waals surface area contributed by atoms with Gasteiger partial charge in [-0.15, -0.1) is 0 Å². The van der Waals surface area contributed by atoms with Crippen LogP contribution < -0.4 is 0 Å². The van der Waals surface area contributed by atoms with Crippen molar-refractivity contribution in [1.29, 1.82) is 0 Å². The Morgan fingerprint density at radius 1 is 0.500 bits per heavy atom. The van der Waals surface area contributed by atoms with Gasteiger partial charge in [0.25, 0.3) is 0 Å². The maximum Gasteiger partial charge on any atom is 0.187 e. The van der Waals surface area contributed by atoms with Gasteiger partial charge in [-0.25, -0.2) is 0 Å². The summed E-state index contributed by atoms with van der Waals surface area (Å²) < 4.78 is 26.3. The third-order valence-electron chi connectivity index (χ3n) is 6.07. The van der Waals surface area contributed by atoms with E-state index in [0.717, 1.165) is 0 Å². The zero-order valence-electron chi connectivity index (χ0n) is 17.7. The van der Waals surface area contributed by atoms with Crippen molar-refractivity contribution in [3.05, 3.63) is 0 Å². The monoisotopic (exact) mass is 504 g/mol. The van der Waals surface area contributed by atoms with Gasteiger partial charge in [0.05, 0.1) is 19.8 Å². The lowest BCUT2D eigenvalue weighted by Crippen LogP contribution is -2.65. The lowest BCUT2D eigenvalue weighted by Gasteiger charge is -2.45. The van der Waals surface area contributed by atoms with E-state index in [2.05, 4.69) is 0 Å². The molecule has 0 amide bonds. The molecular formula is C18H32O16. The Morgan fingerprint density at radius 2 is 1.03 bits per heavy atom. The Labute approximate surface area is 192 Å². The fourth-order valence-corrected chi connectivity index (χ4v) is 3.95. The average Bonchev–Trinajstić information content (AvgIpc) is 2.82. The van der Waals surface area contributed by atoms with Crippen LogP contribution in [0.25, 0.3) is 0 Å². The van der Waals surface area contributed by atoms with Gasteiger partial charge in [0.1, 0.15) is 73.2 Å². The van der Waals surface area contributed by atoms with Crippen molar-refractivity contribution in [2.75, 3.05) is 19.8 Å². The van der Waals surface area contributed by atoms with Crippen LogP contribution in [0.4, 0.5) is 0 Å². The van der Waals surface area contributed by atoms with Gasteiger partial charge in [-0.2, -0.15) is 0 Å². The zero-order valence-corrected chi connectivity index (χ0v) is 17.7. The van der Waals surface area contributed by atoms with Crippen molar-refractivity contribution in [3.8, 4) is 0 Å². The number of hydrogen-bond donors (Lipinski definition) is 11. The average molecular weight is 504 g/mol. The van der Waals surface area contributed by atoms with E-state index in [9.17, 15) is 56.2 Å². The molecule has 0 aromatic carbocycles. The van der Waals surface area contributed by atoms with Crippen LogP contribution in [0.2, 0.25) is 0 Å². The molecule has 3 aliphatic rings. The molecule has 6 unspecified atom stereocenters. The molecule has 34 heavy (non-hydrogen) atoms. The fourth-order valence-electron chi connectivity index (χ4n) is 3.95. The quantitative estimate of drug-likeness (QED) is 0.154. The van der Waals surface area contributed by atoms with Crippen LogP contribution in [-0.2, 0) is 23.7 Å². The Bertz CT molecular complexity index is 637. The molecule has 3 fully saturated rings. The summed E-state index contributed by atoms with van der Waals surface area (Å²) in [7, 11) is 0. The molecule has 16 heteroatoms. The van der Waals surface area contributed by atoms with Gasteiger partial charge >= 0.3 is 0 Å². The van der Waals surface area contributed by atoms with Gasteiger partial charge in [-0.05, 0) is 0 Å². The van der Waals surface area contributed by atoms with Crippen LogP contribution in [0, 0.1) is 0 Å². The summed E-state index contributed by atoms with van der Waals surface area (Å²) in [4.78, 5) is 0. The summed E-state index contributed by atoms with van der Waals surface area (Å²) >= 11 is 0. The molecule has 16 nitrogen and oxygen atoms in total. The SMILES string of the molecule is OCC1O[C@H](OCC2O[C@H](O[C@@H]3C(CO)O[C@@H](O)C(O)[C@H]3O)C(O)[C@@H](O)[C@@H]2O)C(O)[C@@H](O)[C@@H]1O. The van der Waals surface area contributed by atoms with E-state index in [1.807, 2.05) is 0 Å². The van der Waals surface area contributed by atoms with Gasteiger partial charge in [-0.1, -0.05) is 0 Å². The first-order chi connectivity index (χ1) is 16.0. The number of ether oxygens (including phenoxy) is 5. The van der Waals surface area contributed by atoms with E-state index >= 15 is 0 Å². The fraction of sp³-hybridized carbons (Fsp3) is 1.00. The first-order valence-electron chi connectivity index (χ1n) is 10.6. The lowest BCUT2D eigenvalue weighted by molar-refractivity contribution is -0.362. The van der Waals surface area contributed by atoms with Crippen molar-refractivity contribution in [1.82, 2.24) is 0 Å². The maximum absolute atomic E-state index is 10.3. The molecule has 3 saturated heterocycles. The van der Waals surface area contributed by atoms with Gasteiger partial charge in [0, 0.05) is 0 Å². The normalized spacial score (nSPS) is 52.5. The molecule has 0 aliphatic carbocycles. The minimum Gasteiger partial charge on any atom is -0.394 e. The third-order valence-corrected chi connectivity index (χ3v) is 6.07. The minimum absolute atomic E-state index is 0.609. The van der Waals surface area contributed by atoms with E-state index in [-0.39, 0.29) is 0 Å². The van der Waals surface area contributed by atoms with Crippen LogP contribution in [0.15, 0.2) is 0 Å². The summed E-state index contributed by atoms with van der Waals surface area (Å²) in [6.07, 6.45) is -24.9. The standard InChI is InChI=1S/C18H32O16/c19-1-4-7(21)9(23)13(27)17(32-4)30-3-6-8(22)10(24)14(28)18(33-6)34-15-5(2-20)31-16(29)12(26)11(15)25/h4-29H,1-3H2/t4?,5?,6?,7-,8-,9+,10+,11-,12?,13?,14?,15-,16-,17+,18-/m1/s1. The van der Waals surface area contributed by atoms with Gasteiger partial charge < -0.3 is 79.9 Å². The van der Waals surface area contributed by atoms with E-state index in [4.69, 9.17) is 23.7 Å².